The summed E-state index contributed by atoms with van der Waals surface area (Å²) >= 11 is 6.08. The van der Waals surface area contributed by atoms with Gasteiger partial charge in [0.05, 0.1) is 17.7 Å². The molecular weight excluding hydrogens is 386 g/mol. The van der Waals surface area contributed by atoms with Crippen LogP contribution in [-0.4, -0.2) is 29.0 Å². The zero-order valence-electron chi connectivity index (χ0n) is 15.2. The summed E-state index contributed by atoms with van der Waals surface area (Å²) in [5, 5.41) is 0.426. The first-order valence-corrected chi connectivity index (χ1v) is 9.27. The SMILES string of the molecule is O=C(c1ccccc1)c1cc(Cl)ccc1C#CCN1C(=O)c2ccccc2C1=O. The highest BCUT2D eigenvalue weighted by Gasteiger charge is 2.34. The average Bonchev–Trinajstić information content (AvgIpc) is 3.00. The lowest BCUT2D eigenvalue weighted by Gasteiger charge is -2.09. The van der Waals surface area contributed by atoms with E-state index in [-0.39, 0.29) is 24.1 Å². The lowest BCUT2D eigenvalue weighted by Crippen LogP contribution is -2.30. The molecule has 0 atom stereocenters. The number of benzene rings is 3. The fraction of sp³-hybridized carbons (Fsp3) is 0.0417. The zero-order valence-corrected chi connectivity index (χ0v) is 15.9. The van der Waals surface area contributed by atoms with Crippen LogP contribution in [0.2, 0.25) is 5.02 Å². The molecule has 0 unspecified atom stereocenters. The van der Waals surface area contributed by atoms with Crippen molar-refractivity contribution in [1.82, 2.24) is 4.90 Å². The van der Waals surface area contributed by atoms with E-state index in [0.29, 0.717) is 32.8 Å². The predicted octanol–water partition coefficient (Wildman–Crippen LogP) is 4.22. The topological polar surface area (TPSA) is 54.5 Å². The molecule has 4 nitrogen and oxygen atoms in total. The van der Waals surface area contributed by atoms with Gasteiger partial charge in [0, 0.05) is 21.7 Å². The molecule has 0 fully saturated rings. The maximum atomic E-state index is 12.8. The second kappa shape index (κ2) is 7.75. The fourth-order valence-corrected chi connectivity index (χ4v) is 3.33. The van der Waals surface area contributed by atoms with Crippen LogP contribution in [0.15, 0.2) is 72.8 Å². The monoisotopic (exact) mass is 399 g/mol. The van der Waals surface area contributed by atoms with E-state index in [2.05, 4.69) is 11.8 Å². The number of amides is 2. The molecule has 3 aromatic rings. The number of hydrogen-bond donors (Lipinski definition) is 0. The second-order valence-electron chi connectivity index (χ2n) is 6.43. The molecule has 2 amide bonds. The Labute approximate surface area is 172 Å². The van der Waals surface area contributed by atoms with Gasteiger partial charge in [-0.1, -0.05) is 65.9 Å². The summed E-state index contributed by atoms with van der Waals surface area (Å²) in [5.74, 6) is 4.83. The van der Waals surface area contributed by atoms with E-state index >= 15 is 0 Å². The van der Waals surface area contributed by atoms with Crippen LogP contribution < -0.4 is 0 Å². The molecule has 0 aliphatic carbocycles. The quantitative estimate of drug-likeness (QED) is 0.376. The number of nitrogens with zero attached hydrogens (tertiary/aromatic N) is 1. The van der Waals surface area contributed by atoms with Gasteiger partial charge in [-0.2, -0.15) is 0 Å². The van der Waals surface area contributed by atoms with Gasteiger partial charge in [0.25, 0.3) is 11.8 Å². The van der Waals surface area contributed by atoms with E-state index in [1.54, 1.807) is 66.7 Å². The minimum atomic E-state index is -0.364. The van der Waals surface area contributed by atoms with Crippen molar-refractivity contribution in [2.24, 2.45) is 0 Å². The number of carbonyl (C=O) groups is 3. The maximum Gasteiger partial charge on any atom is 0.262 e. The third-order valence-corrected chi connectivity index (χ3v) is 4.84. The summed E-state index contributed by atoms with van der Waals surface area (Å²) in [6.45, 7) is -0.0616. The fourth-order valence-electron chi connectivity index (χ4n) is 3.15. The largest absolute Gasteiger partial charge is 0.289 e. The van der Waals surface area contributed by atoms with Crippen molar-refractivity contribution in [3.05, 3.63) is 106 Å². The van der Waals surface area contributed by atoms with Gasteiger partial charge in [-0.05, 0) is 30.3 Å². The Morgan fingerprint density at radius 3 is 2.14 bits per heavy atom. The van der Waals surface area contributed by atoms with Crippen LogP contribution in [-0.2, 0) is 0 Å². The first kappa shape index (κ1) is 18.7. The van der Waals surface area contributed by atoms with Gasteiger partial charge in [-0.25, -0.2) is 0 Å². The molecule has 0 N–H and O–H groups in total. The minimum Gasteiger partial charge on any atom is -0.289 e. The molecule has 29 heavy (non-hydrogen) atoms. The highest BCUT2D eigenvalue weighted by molar-refractivity contribution is 6.31. The molecule has 0 spiro atoms. The van der Waals surface area contributed by atoms with Gasteiger partial charge in [-0.15, -0.1) is 0 Å². The van der Waals surface area contributed by atoms with E-state index in [1.807, 2.05) is 6.07 Å². The van der Waals surface area contributed by atoms with E-state index < -0.39 is 0 Å². The number of rotatable bonds is 3. The lowest BCUT2D eigenvalue weighted by molar-refractivity contribution is 0.0674. The van der Waals surface area contributed by atoms with Crippen molar-refractivity contribution in [1.29, 1.82) is 0 Å². The van der Waals surface area contributed by atoms with Gasteiger partial charge in [-0.3, -0.25) is 19.3 Å². The normalized spacial score (nSPS) is 12.4. The first-order chi connectivity index (χ1) is 14.1. The van der Waals surface area contributed by atoms with Crippen molar-refractivity contribution < 1.29 is 14.4 Å². The Bertz CT molecular complexity index is 1170. The van der Waals surface area contributed by atoms with Gasteiger partial charge >= 0.3 is 0 Å². The highest BCUT2D eigenvalue weighted by Crippen LogP contribution is 2.22. The molecule has 0 radical (unpaired) electrons. The van der Waals surface area contributed by atoms with Crippen LogP contribution in [0.1, 0.15) is 42.2 Å². The predicted molar refractivity (Wildman–Crippen MR) is 110 cm³/mol. The second-order valence-corrected chi connectivity index (χ2v) is 6.87. The van der Waals surface area contributed by atoms with Crippen molar-refractivity contribution in [3.63, 3.8) is 0 Å². The Morgan fingerprint density at radius 1 is 0.862 bits per heavy atom. The van der Waals surface area contributed by atoms with Crippen LogP contribution in [0.25, 0.3) is 0 Å². The van der Waals surface area contributed by atoms with Crippen LogP contribution >= 0.6 is 11.6 Å². The maximum absolute atomic E-state index is 12.8. The molecule has 5 heteroatoms. The first-order valence-electron chi connectivity index (χ1n) is 8.89. The number of imide groups is 1. The summed E-state index contributed by atoms with van der Waals surface area (Å²) < 4.78 is 0. The van der Waals surface area contributed by atoms with E-state index in [4.69, 9.17) is 11.6 Å². The molecule has 0 bridgehead atoms. The van der Waals surface area contributed by atoms with Gasteiger partial charge < -0.3 is 0 Å². The Morgan fingerprint density at radius 2 is 1.48 bits per heavy atom. The summed E-state index contributed by atoms with van der Waals surface area (Å²) in [5.41, 5.74) is 2.15. The number of carbonyl (C=O) groups excluding carboxylic acids is 3. The van der Waals surface area contributed by atoms with Crippen molar-refractivity contribution >= 4 is 29.2 Å². The Balaban J connectivity index is 1.61. The number of halogens is 1. The molecule has 0 saturated carbocycles. The molecular formula is C24H14ClNO3. The van der Waals surface area contributed by atoms with E-state index in [1.165, 1.54) is 0 Å². The van der Waals surface area contributed by atoms with Gasteiger partial charge in [0.2, 0.25) is 0 Å². The molecule has 1 heterocycles. The van der Waals surface area contributed by atoms with Crippen LogP contribution in [0.4, 0.5) is 0 Å². The summed E-state index contributed by atoms with van der Waals surface area (Å²) in [7, 11) is 0. The smallest absolute Gasteiger partial charge is 0.262 e. The number of fused-ring (bicyclic) bond motifs is 1. The van der Waals surface area contributed by atoms with Crippen molar-refractivity contribution in [3.8, 4) is 11.8 Å². The van der Waals surface area contributed by atoms with Crippen LogP contribution in [0.5, 0.6) is 0 Å². The molecule has 4 rings (SSSR count). The third-order valence-electron chi connectivity index (χ3n) is 4.60. The standard InChI is InChI=1S/C24H14ClNO3/c25-18-13-12-16(21(15-18)22(27)17-7-2-1-3-8-17)9-6-14-26-23(28)19-10-4-5-11-20(19)24(26)29/h1-5,7-8,10-13,15H,14H2. The van der Waals surface area contributed by atoms with E-state index in [9.17, 15) is 14.4 Å². The van der Waals surface area contributed by atoms with E-state index in [0.717, 1.165) is 4.90 Å². The summed E-state index contributed by atoms with van der Waals surface area (Å²) in [4.78, 5) is 38.8. The average molecular weight is 400 g/mol. The van der Waals surface area contributed by atoms with Crippen LogP contribution in [0, 0.1) is 11.8 Å². The minimum absolute atomic E-state index is 0.0616. The Kier molecular flexibility index (Phi) is 4.99. The molecule has 1 aliphatic heterocycles. The number of hydrogen-bond acceptors (Lipinski definition) is 3. The highest BCUT2D eigenvalue weighted by atomic mass is 35.5. The molecule has 0 aromatic heterocycles. The van der Waals surface area contributed by atoms with Crippen molar-refractivity contribution in [2.75, 3.05) is 6.54 Å². The summed E-state index contributed by atoms with van der Waals surface area (Å²) in [6, 6.07) is 20.4. The zero-order chi connectivity index (χ0) is 20.4. The molecule has 140 valence electrons. The summed E-state index contributed by atoms with van der Waals surface area (Å²) in [6.07, 6.45) is 0. The Hall–Kier alpha value is -3.68. The van der Waals surface area contributed by atoms with Gasteiger partial charge in [0.1, 0.15) is 0 Å². The lowest BCUT2D eigenvalue weighted by atomic mass is 9.98. The van der Waals surface area contributed by atoms with Gasteiger partial charge in [0.15, 0.2) is 5.78 Å². The number of ketones is 1. The van der Waals surface area contributed by atoms with Crippen molar-refractivity contribution in [2.45, 2.75) is 0 Å². The molecule has 1 aliphatic rings. The van der Waals surface area contributed by atoms with Crippen LogP contribution in [0.3, 0.4) is 0 Å². The third kappa shape index (κ3) is 3.56. The molecule has 0 saturated heterocycles. The molecule has 3 aromatic carbocycles.